The van der Waals surface area contributed by atoms with Gasteiger partial charge in [0.15, 0.2) is 0 Å². The number of rotatable bonds is 3. The fourth-order valence-corrected chi connectivity index (χ4v) is 5.08. The lowest BCUT2D eigenvalue weighted by Gasteiger charge is -2.33. The van der Waals surface area contributed by atoms with E-state index < -0.39 is 5.91 Å². The molecule has 2 atom stereocenters. The number of H-pyrrole nitrogens is 1. The Bertz CT molecular complexity index is 1370. The number of aromatic nitrogens is 2. The molecule has 2 fully saturated rings. The van der Waals surface area contributed by atoms with Crippen molar-refractivity contribution in [3.63, 3.8) is 0 Å². The zero-order valence-corrected chi connectivity index (χ0v) is 17.5. The van der Waals surface area contributed by atoms with E-state index in [1.54, 1.807) is 6.07 Å². The van der Waals surface area contributed by atoms with Crippen molar-refractivity contribution in [3.05, 3.63) is 65.7 Å². The summed E-state index contributed by atoms with van der Waals surface area (Å²) >= 11 is 0. The SMILES string of the molecule is NC(=O)c1cc(-c2ccccc2)nc2c1[nH]c1cc(C(=O)N3CC4CCC(C3)N4)ccc12. The molecule has 2 aromatic carbocycles. The highest BCUT2D eigenvalue weighted by Crippen LogP contribution is 2.31. The monoisotopic (exact) mass is 425 g/mol. The van der Waals surface area contributed by atoms with E-state index in [4.69, 9.17) is 10.7 Å². The molecule has 7 heteroatoms. The van der Waals surface area contributed by atoms with Crippen molar-refractivity contribution in [1.82, 2.24) is 20.2 Å². The summed E-state index contributed by atoms with van der Waals surface area (Å²) in [6.45, 7) is 1.49. The first-order valence-electron chi connectivity index (χ1n) is 10.9. The van der Waals surface area contributed by atoms with Crippen molar-refractivity contribution in [2.75, 3.05) is 13.1 Å². The second-order valence-electron chi connectivity index (χ2n) is 8.74. The van der Waals surface area contributed by atoms with Gasteiger partial charge in [0.25, 0.3) is 11.8 Å². The number of amides is 2. The molecule has 2 aromatic heterocycles. The van der Waals surface area contributed by atoms with E-state index in [0.717, 1.165) is 42.4 Å². The van der Waals surface area contributed by atoms with Crippen LogP contribution in [-0.2, 0) is 0 Å². The van der Waals surface area contributed by atoms with Gasteiger partial charge in [-0.3, -0.25) is 9.59 Å². The molecule has 0 aliphatic carbocycles. The molecule has 32 heavy (non-hydrogen) atoms. The molecule has 4 heterocycles. The van der Waals surface area contributed by atoms with Gasteiger partial charge >= 0.3 is 0 Å². The first kappa shape index (κ1) is 19.0. The third-order valence-corrected chi connectivity index (χ3v) is 6.64. The number of carbonyl (C=O) groups excluding carboxylic acids is 2. The molecular formula is C25H23N5O2. The molecule has 6 rings (SSSR count). The average Bonchev–Trinajstić information content (AvgIpc) is 3.36. The summed E-state index contributed by atoms with van der Waals surface area (Å²) < 4.78 is 0. The zero-order chi connectivity index (χ0) is 21.8. The maximum absolute atomic E-state index is 13.2. The Morgan fingerprint density at radius 2 is 1.75 bits per heavy atom. The van der Waals surface area contributed by atoms with Gasteiger partial charge in [-0.2, -0.15) is 0 Å². The van der Waals surface area contributed by atoms with Crippen LogP contribution in [0, 0.1) is 0 Å². The summed E-state index contributed by atoms with van der Waals surface area (Å²) in [5, 5.41) is 4.42. The van der Waals surface area contributed by atoms with E-state index in [2.05, 4.69) is 10.3 Å². The summed E-state index contributed by atoms with van der Waals surface area (Å²) in [5.41, 5.74) is 10.4. The predicted octanol–water partition coefficient (Wildman–Crippen LogP) is 3.06. The van der Waals surface area contributed by atoms with E-state index in [9.17, 15) is 9.59 Å². The molecule has 7 nitrogen and oxygen atoms in total. The van der Waals surface area contributed by atoms with E-state index in [0.29, 0.717) is 39.9 Å². The summed E-state index contributed by atoms with van der Waals surface area (Å²) in [4.78, 5) is 35.5. The lowest BCUT2D eigenvalue weighted by Crippen LogP contribution is -2.53. The average molecular weight is 425 g/mol. The smallest absolute Gasteiger partial charge is 0.254 e. The Kier molecular flexibility index (Phi) is 4.26. The summed E-state index contributed by atoms with van der Waals surface area (Å²) in [6.07, 6.45) is 2.25. The van der Waals surface area contributed by atoms with Crippen molar-refractivity contribution in [3.8, 4) is 11.3 Å². The van der Waals surface area contributed by atoms with Crippen LogP contribution in [-0.4, -0.2) is 51.9 Å². The summed E-state index contributed by atoms with van der Waals surface area (Å²) in [5.74, 6) is -0.481. The van der Waals surface area contributed by atoms with Crippen LogP contribution in [0.25, 0.3) is 33.2 Å². The number of hydrogen-bond donors (Lipinski definition) is 3. The number of likely N-dealkylation sites (tertiary alicyclic amines) is 1. The quantitative estimate of drug-likeness (QED) is 0.469. The van der Waals surface area contributed by atoms with Crippen LogP contribution in [0.5, 0.6) is 0 Å². The standard InChI is InChI=1S/C25H23N5O2/c26-24(31)19-11-20(14-4-2-1-3-5-14)28-22-18-9-6-15(10-21(18)29-23(19)22)25(32)30-12-16-7-8-17(13-30)27-16/h1-6,9-11,16-17,27,29H,7-8,12-13H2,(H2,26,31). The van der Waals surface area contributed by atoms with Gasteiger partial charge in [0.05, 0.1) is 22.3 Å². The van der Waals surface area contributed by atoms with Gasteiger partial charge in [-0.15, -0.1) is 0 Å². The highest BCUT2D eigenvalue weighted by atomic mass is 16.2. The molecule has 2 aliphatic heterocycles. The lowest BCUT2D eigenvalue weighted by molar-refractivity contribution is 0.0697. The number of fused-ring (bicyclic) bond motifs is 5. The molecule has 2 aliphatic rings. The number of aromatic amines is 1. The van der Waals surface area contributed by atoms with Gasteiger partial charge in [-0.25, -0.2) is 4.98 Å². The highest BCUT2D eigenvalue weighted by Gasteiger charge is 2.34. The third-order valence-electron chi connectivity index (χ3n) is 6.64. The number of nitrogens with one attached hydrogen (secondary N) is 2. The molecular weight excluding hydrogens is 402 g/mol. The Labute approximate surface area is 184 Å². The molecule has 4 N–H and O–H groups in total. The Balaban J connectivity index is 1.45. The third kappa shape index (κ3) is 3.05. The minimum atomic E-state index is -0.520. The molecule has 2 saturated heterocycles. The summed E-state index contributed by atoms with van der Waals surface area (Å²) in [6, 6.07) is 17.8. The lowest BCUT2D eigenvalue weighted by atomic mass is 10.1. The van der Waals surface area contributed by atoms with Crippen LogP contribution < -0.4 is 11.1 Å². The molecule has 0 spiro atoms. The number of hydrogen-bond acceptors (Lipinski definition) is 4. The van der Waals surface area contributed by atoms with Crippen molar-refractivity contribution in [2.24, 2.45) is 5.73 Å². The number of nitrogens with two attached hydrogens (primary N) is 1. The number of nitrogens with zero attached hydrogens (tertiary/aromatic N) is 2. The van der Waals surface area contributed by atoms with Gasteiger partial charge in [0, 0.05) is 47.2 Å². The fraction of sp³-hybridized carbons (Fsp3) is 0.240. The van der Waals surface area contributed by atoms with Crippen LogP contribution in [0.1, 0.15) is 33.6 Å². The van der Waals surface area contributed by atoms with Crippen LogP contribution in [0.15, 0.2) is 54.6 Å². The molecule has 0 saturated carbocycles. The minimum Gasteiger partial charge on any atom is -0.366 e. The maximum Gasteiger partial charge on any atom is 0.254 e. The number of piperazine rings is 1. The number of primary amides is 1. The van der Waals surface area contributed by atoms with Gasteiger partial charge in [0.1, 0.15) is 0 Å². The number of carbonyl (C=O) groups is 2. The van der Waals surface area contributed by atoms with Crippen LogP contribution in [0.4, 0.5) is 0 Å². The van der Waals surface area contributed by atoms with Gasteiger partial charge in [-0.05, 0) is 37.1 Å². The fourth-order valence-electron chi connectivity index (χ4n) is 5.08. The second kappa shape index (κ2) is 7.17. The van der Waals surface area contributed by atoms with Crippen molar-refractivity contribution in [2.45, 2.75) is 24.9 Å². The molecule has 160 valence electrons. The largest absolute Gasteiger partial charge is 0.366 e. The molecule has 2 amide bonds. The van der Waals surface area contributed by atoms with Crippen molar-refractivity contribution in [1.29, 1.82) is 0 Å². The topological polar surface area (TPSA) is 104 Å². The normalized spacial score (nSPS) is 20.2. The number of benzene rings is 2. The first-order chi connectivity index (χ1) is 15.6. The second-order valence-corrected chi connectivity index (χ2v) is 8.74. The van der Waals surface area contributed by atoms with Gasteiger partial charge in [0.2, 0.25) is 0 Å². The molecule has 0 radical (unpaired) electrons. The Morgan fingerprint density at radius 1 is 1.00 bits per heavy atom. The predicted molar refractivity (Wildman–Crippen MR) is 123 cm³/mol. The van der Waals surface area contributed by atoms with Gasteiger partial charge in [-0.1, -0.05) is 30.3 Å². The van der Waals surface area contributed by atoms with E-state index in [1.807, 2.05) is 53.4 Å². The Hall–Kier alpha value is -3.71. The zero-order valence-electron chi connectivity index (χ0n) is 17.5. The maximum atomic E-state index is 13.2. The van der Waals surface area contributed by atoms with E-state index in [1.165, 1.54) is 0 Å². The minimum absolute atomic E-state index is 0.0389. The van der Waals surface area contributed by atoms with Crippen molar-refractivity contribution >= 4 is 33.8 Å². The van der Waals surface area contributed by atoms with Crippen LogP contribution in [0.3, 0.4) is 0 Å². The van der Waals surface area contributed by atoms with E-state index >= 15 is 0 Å². The molecule has 2 unspecified atom stereocenters. The Morgan fingerprint density at radius 3 is 2.47 bits per heavy atom. The van der Waals surface area contributed by atoms with E-state index in [-0.39, 0.29) is 5.91 Å². The van der Waals surface area contributed by atoms with Crippen LogP contribution in [0.2, 0.25) is 0 Å². The summed E-state index contributed by atoms with van der Waals surface area (Å²) in [7, 11) is 0. The van der Waals surface area contributed by atoms with Crippen molar-refractivity contribution < 1.29 is 9.59 Å². The number of pyridine rings is 1. The first-order valence-corrected chi connectivity index (χ1v) is 10.9. The molecule has 2 bridgehead atoms. The van der Waals surface area contributed by atoms with Crippen LogP contribution >= 0.6 is 0 Å². The highest BCUT2D eigenvalue weighted by molar-refractivity contribution is 6.14. The molecule has 4 aromatic rings. The van der Waals surface area contributed by atoms with Gasteiger partial charge < -0.3 is 20.9 Å².